The van der Waals surface area contributed by atoms with Crippen LogP contribution in [0, 0.1) is 6.92 Å². The lowest BCUT2D eigenvalue weighted by Crippen LogP contribution is -2.34. The Hall–Kier alpha value is -3.55. The van der Waals surface area contributed by atoms with Crippen molar-refractivity contribution in [1.82, 2.24) is 10.6 Å². The molecule has 0 spiro atoms. The van der Waals surface area contributed by atoms with Gasteiger partial charge in [-0.1, -0.05) is 23.8 Å². The third kappa shape index (κ3) is 6.23. The molecule has 2 aromatic rings. The van der Waals surface area contributed by atoms with E-state index in [1.165, 1.54) is 0 Å². The predicted octanol–water partition coefficient (Wildman–Crippen LogP) is 1.40. The van der Waals surface area contributed by atoms with Crippen LogP contribution in [-0.4, -0.2) is 50.7 Å². The molecule has 0 bridgehead atoms. The Labute approximate surface area is 174 Å². The van der Waals surface area contributed by atoms with E-state index in [-0.39, 0.29) is 12.5 Å². The Morgan fingerprint density at radius 1 is 1.00 bits per heavy atom. The molecule has 0 radical (unpaired) electrons. The maximum absolute atomic E-state index is 12.0. The average molecular weight is 412 g/mol. The largest absolute Gasteiger partial charge is 0.486 e. The molecule has 0 saturated carbocycles. The summed E-state index contributed by atoms with van der Waals surface area (Å²) in [7, 11) is 0. The minimum atomic E-state index is -0.682. The molecule has 1 aliphatic rings. The van der Waals surface area contributed by atoms with E-state index >= 15 is 0 Å². The van der Waals surface area contributed by atoms with Crippen LogP contribution in [0.5, 0.6) is 11.5 Å². The predicted molar refractivity (Wildman–Crippen MR) is 109 cm³/mol. The maximum Gasteiger partial charge on any atom is 0.325 e. The first-order chi connectivity index (χ1) is 14.5. The molecule has 0 unspecified atom stereocenters. The summed E-state index contributed by atoms with van der Waals surface area (Å²) in [5, 5.41) is 5.16. The second-order valence-electron chi connectivity index (χ2n) is 6.79. The summed E-state index contributed by atoms with van der Waals surface area (Å²) in [6, 6.07) is 12.7. The number of rotatable bonds is 8. The highest BCUT2D eigenvalue weighted by atomic mass is 16.6. The lowest BCUT2D eigenvalue weighted by molar-refractivity contribution is -0.147. The lowest BCUT2D eigenvalue weighted by atomic mass is 10.1. The smallest absolute Gasteiger partial charge is 0.325 e. The summed E-state index contributed by atoms with van der Waals surface area (Å²) in [5.41, 5.74) is 2.40. The summed E-state index contributed by atoms with van der Waals surface area (Å²) in [4.78, 5) is 35.6. The van der Waals surface area contributed by atoms with Crippen LogP contribution in [-0.2, 0) is 20.7 Å². The molecule has 0 aromatic heterocycles. The number of aryl methyl sites for hydroxylation is 1. The van der Waals surface area contributed by atoms with Crippen LogP contribution in [0.2, 0.25) is 0 Å². The first kappa shape index (κ1) is 21.2. The van der Waals surface area contributed by atoms with Crippen molar-refractivity contribution in [2.75, 3.05) is 32.9 Å². The van der Waals surface area contributed by atoms with Crippen molar-refractivity contribution in [3.8, 4) is 11.5 Å². The zero-order valence-electron chi connectivity index (χ0n) is 16.7. The van der Waals surface area contributed by atoms with Gasteiger partial charge in [0, 0.05) is 12.1 Å². The Balaban J connectivity index is 1.32. The highest BCUT2D eigenvalue weighted by molar-refractivity contribution is 5.96. The second-order valence-corrected chi connectivity index (χ2v) is 6.79. The number of ether oxygens (including phenoxy) is 3. The van der Waals surface area contributed by atoms with Gasteiger partial charge in [0.05, 0.1) is 0 Å². The molecule has 0 aliphatic carbocycles. The quantitative estimate of drug-likeness (QED) is 0.636. The number of esters is 1. The van der Waals surface area contributed by atoms with Gasteiger partial charge in [0.25, 0.3) is 11.8 Å². The number of hydrogen-bond donors (Lipinski definition) is 2. The zero-order chi connectivity index (χ0) is 21.3. The highest BCUT2D eigenvalue weighted by Crippen LogP contribution is 2.30. The molecule has 2 amide bonds. The minimum Gasteiger partial charge on any atom is -0.486 e. The molecular formula is C22H24N2O6. The van der Waals surface area contributed by atoms with Crippen molar-refractivity contribution in [2.24, 2.45) is 0 Å². The van der Waals surface area contributed by atoms with Gasteiger partial charge in [0.1, 0.15) is 19.8 Å². The lowest BCUT2D eigenvalue weighted by Gasteiger charge is -2.18. The molecule has 158 valence electrons. The van der Waals surface area contributed by atoms with Crippen LogP contribution in [0.1, 0.15) is 21.5 Å². The Morgan fingerprint density at radius 2 is 1.80 bits per heavy atom. The number of carbonyl (C=O) groups excluding carboxylic acids is 3. The zero-order valence-corrected chi connectivity index (χ0v) is 16.7. The first-order valence-electron chi connectivity index (χ1n) is 9.67. The third-order valence-corrected chi connectivity index (χ3v) is 4.38. The van der Waals surface area contributed by atoms with Crippen LogP contribution < -0.4 is 20.1 Å². The van der Waals surface area contributed by atoms with Gasteiger partial charge < -0.3 is 24.8 Å². The van der Waals surface area contributed by atoms with Gasteiger partial charge in [-0.3, -0.25) is 14.4 Å². The topological polar surface area (TPSA) is 103 Å². The monoisotopic (exact) mass is 412 g/mol. The number of carbonyl (C=O) groups is 3. The Bertz CT molecular complexity index is 928. The molecular weight excluding hydrogens is 388 g/mol. The van der Waals surface area contributed by atoms with Crippen molar-refractivity contribution in [3.05, 3.63) is 59.2 Å². The molecule has 8 heteroatoms. The fraction of sp³-hybridized carbons (Fsp3) is 0.318. The van der Waals surface area contributed by atoms with Crippen molar-refractivity contribution in [1.29, 1.82) is 0 Å². The number of nitrogens with one attached hydrogen (secondary N) is 2. The van der Waals surface area contributed by atoms with E-state index in [0.29, 0.717) is 37.5 Å². The van der Waals surface area contributed by atoms with E-state index < -0.39 is 18.5 Å². The molecule has 2 N–H and O–H groups in total. The van der Waals surface area contributed by atoms with E-state index in [4.69, 9.17) is 14.2 Å². The summed E-state index contributed by atoms with van der Waals surface area (Å²) in [5.74, 6) is -0.0504. The fourth-order valence-electron chi connectivity index (χ4n) is 2.88. The summed E-state index contributed by atoms with van der Waals surface area (Å²) in [6.07, 6.45) is 0.600. The molecule has 8 nitrogen and oxygen atoms in total. The highest BCUT2D eigenvalue weighted by Gasteiger charge is 2.13. The van der Waals surface area contributed by atoms with E-state index in [1.54, 1.807) is 18.2 Å². The molecule has 2 aromatic carbocycles. The van der Waals surface area contributed by atoms with Gasteiger partial charge in [-0.15, -0.1) is 0 Å². The van der Waals surface area contributed by atoms with Crippen LogP contribution >= 0.6 is 0 Å². The average Bonchev–Trinajstić information content (AvgIpc) is 2.76. The second kappa shape index (κ2) is 10.3. The summed E-state index contributed by atoms with van der Waals surface area (Å²) >= 11 is 0. The number of amides is 2. The molecule has 0 atom stereocenters. The third-order valence-electron chi connectivity index (χ3n) is 4.38. The standard InChI is InChI=1S/C22H24N2O6/c1-15-3-2-4-17(11-15)22(27)24-13-21(26)30-14-20(25)23-8-7-16-5-6-18-19(12-16)29-10-9-28-18/h2-6,11-12H,7-10,13-14H2,1H3,(H,23,25)(H,24,27). The number of fused-ring (bicyclic) bond motifs is 1. The van der Waals surface area contributed by atoms with Gasteiger partial charge in [-0.25, -0.2) is 0 Å². The number of benzene rings is 2. The van der Waals surface area contributed by atoms with Crippen molar-refractivity contribution >= 4 is 17.8 Å². The van der Waals surface area contributed by atoms with Gasteiger partial charge in [0.15, 0.2) is 18.1 Å². The van der Waals surface area contributed by atoms with Crippen molar-refractivity contribution in [3.63, 3.8) is 0 Å². The molecule has 1 aliphatic heterocycles. The first-order valence-corrected chi connectivity index (χ1v) is 9.67. The molecule has 30 heavy (non-hydrogen) atoms. The van der Waals surface area contributed by atoms with E-state index in [0.717, 1.165) is 16.9 Å². The maximum atomic E-state index is 12.0. The van der Waals surface area contributed by atoms with Gasteiger partial charge >= 0.3 is 5.97 Å². The van der Waals surface area contributed by atoms with Crippen molar-refractivity contribution in [2.45, 2.75) is 13.3 Å². The Morgan fingerprint density at radius 3 is 2.60 bits per heavy atom. The fourth-order valence-corrected chi connectivity index (χ4v) is 2.88. The van der Waals surface area contributed by atoms with Gasteiger partial charge in [-0.2, -0.15) is 0 Å². The van der Waals surface area contributed by atoms with Crippen LogP contribution in [0.25, 0.3) is 0 Å². The van der Waals surface area contributed by atoms with Crippen molar-refractivity contribution < 1.29 is 28.6 Å². The summed E-state index contributed by atoms with van der Waals surface area (Å²) in [6.45, 7) is 2.61. The van der Waals surface area contributed by atoms with Crippen LogP contribution in [0.15, 0.2) is 42.5 Å². The molecule has 0 fully saturated rings. The normalized spacial score (nSPS) is 12.0. The van der Waals surface area contributed by atoms with E-state index in [2.05, 4.69) is 10.6 Å². The van der Waals surface area contributed by atoms with Crippen LogP contribution in [0.4, 0.5) is 0 Å². The van der Waals surface area contributed by atoms with Gasteiger partial charge in [0.2, 0.25) is 0 Å². The molecule has 1 heterocycles. The van der Waals surface area contributed by atoms with Crippen LogP contribution in [0.3, 0.4) is 0 Å². The van der Waals surface area contributed by atoms with E-state index in [9.17, 15) is 14.4 Å². The molecule has 3 rings (SSSR count). The minimum absolute atomic E-state index is 0.308. The SMILES string of the molecule is Cc1cccc(C(=O)NCC(=O)OCC(=O)NCCc2ccc3c(c2)OCCO3)c1. The number of hydrogen-bond acceptors (Lipinski definition) is 6. The van der Waals surface area contributed by atoms with Gasteiger partial charge in [-0.05, 0) is 43.2 Å². The summed E-state index contributed by atoms with van der Waals surface area (Å²) < 4.78 is 15.9. The van der Waals surface area contributed by atoms with E-state index in [1.807, 2.05) is 31.2 Å². The molecule has 0 saturated heterocycles. The Kier molecular flexibility index (Phi) is 7.26.